The highest BCUT2D eigenvalue weighted by Gasteiger charge is 2.31. The van der Waals surface area contributed by atoms with Gasteiger partial charge in [-0.05, 0) is 25.0 Å². The minimum Gasteiger partial charge on any atom is -0.481 e. The molecule has 1 amide bonds. The Balaban J connectivity index is 1.86. The summed E-state index contributed by atoms with van der Waals surface area (Å²) in [6.07, 6.45) is 2.64. The first-order valence-electron chi connectivity index (χ1n) is 8.74. The molecular formula is C20H20F2N2O3. The Bertz CT molecular complexity index is 925. The van der Waals surface area contributed by atoms with Crippen LogP contribution in [0.1, 0.15) is 48.5 Å². The number of nitrogens with one attached hydrogen (secondary N) is 1. The normalized spacial score (nSPS) is 17.2. The van der Waals surface area contributed by atoms with Crippen molar-refractivity contribution in [2.24, 2.45) is 0 Å². The topological polar surface area (TPSA) is 79.3 Å². The highest BCUT2D eigenvalue weighted by molar-refractivity contribution is 5.99. The number of carbonyl (C=O) groups excluding carboxylic acids is 1. The van der Waals surface area contributed by atoms with E-state index in [1.54, 1.807) is 25.1 Å². The Kier molecular flexibility index (Phi) is 5.21. The number of benzene rings is 1. The lowest BCUT2D eigenvalue weighted by Gasteiger charge is -2.22. The van der Waals surface area contributed by atoms with Crippen molar-refractivity contribution in [2.75, 3.05) is 0 Å². The number of halogens is 2. The number of rotatable bonds is 5. The molecule has 0 saturated carbocycles. The number of pyridine rings is 1. The summed E-state index contributed by atoms with van der Waals surface area (Å²) >= 11 is 0. The van der Waals surface area contributed by atoms with Crippen LogP contribution in [-0.4, -0.2) is 33.9 Å². The Hall–Kier alpha value is -2.83. The zero-order valence-electron chi connectivity index (χ0n) is 14.8. The number of para-hydroxylation sites is 1. The summed E-state index contributed by atoms with van der Waals surface area (Å²) in [5.74, 6) is -4.05. The van der Waals surface area contributed by atoms with Crippen molar-refractivity contribution in [2.45, 2.75) is 44.6 Å². The molecule has 1 aliphatic rings. The molecule has 1 heterocycles. The molecule has 0 fully saturated rings. The van der Waals surface area contributed by atoms with Gasteiger partial charge in [-0.25, -0.2) is 8.78 Å². The van der Waals surface area contributed by atoms with Gasteiger partial charge in [-0.1, -0.05) is 24.3 Å². The highest BCUT2D eigenvalue weighted by Crippen LogP contribution is 2.37. The molecule has 0 unspecified atom stereocenters. The molecule has 1 atom stereocenters. The third-order valence-electron chi connectivity index (χ3n) is 4.58. The number of aliphatic carboxylic acids is 1. The van der Waals surface area contributed by atoms with Crippen molar-refractivity contribution in [3.63, 3.8) is 0 Å². The molecule has 0 bridgehead atoms. The fourth-order valence-corrected chi connectivity index (χ4v) is 3.20. The zero-order valence-corrected chi connectivity index (χ0v) is 14.8. The Morgan fingerprint density at radius 2 is 2.15 bits per heavy atom. The van der Waals surface area contributed by atoms with E-state index in [2.05, 4.69) is 10.3 Å². The first-order valence-corrected chi connectivity index (χ1v) is 8.74. The number of carboxylic acid groups (broad SMARTS) is 1. The van der Waals surface area contributed by atoms with Crippen LogP contribution in [0.5, 0.6) is 0 Å². The SMILES string of the molecule is C[C@H](CC(=O)O)NC(=O)c1cnc2c(C3=CCC(F)(F)CC3)cccc2c1. The molecule has 1 aliphatic carbocycles. The fourth-order valence-electron chi connectivity index (χ4n) is 3.20. The summed E-state index contributed by atoms with van der Waals surface area (Å²) in [4.78, 5) is 27.4. The van der Waals surface area contributed by atoms with Gasteiger partial charge in [-0.15, -0.1) is 0 Å². The van der Waals surface area contributed by atoms with Gasteiger partial charge >= 0.3 is 5.97 Å². The number of carboxylic acids is 1. The summed E-state index contributed by atoms with van der Waals surface area (Å²) in [6.45, 7) is 1.62. The minimum atomic E-state index is -2.65. The van der Waals surface area contributed by atoms with Crippen molar-refractivity contribution >= 4 is 28.4 Å². The summed E-state index contributed by atoms with van der Waals surface area (Å²) < 4.78 is 26.8. The van der Waals surface area contributed by atoms with Crippen LogP contribution < -0.4 is 5.32 Å². The summed E-state index contributed by atoms with van der Waals surface area (Å²) in [5.41, 5.74) is 2.62. The molecule has 7 heteroatoms. The Morgan fingerprint density at radius 3 is 2.81 bits per heavy atom. The van der Waals surface area contributed by atoms with Gasteiger partial charge in [-0.2, -0.15) is 0 Å². The fraction of sp³-hybridized carbons (Fsp3) is 0.350. The van der Waals surface area contributed by atoms with Gasteiger partial charge in [0.05, 0.1) is 17.5 Å². The lowest BCUT2D eigenvalue weighted by molar-refractivity contribution is -0.137. The maximum absolute atomic E-state index is 13.4. The quantitative estimate of drug-likeness (QED) is 0.828. The van der Waals surface area contributed by atoms with Crippen LogP contribution in [0.15, 0.2) is 36.5 Å². The molecule has 3 rings (SSSR count). The van der Waals surface area contributed by atoms with Crippen molar-refractivity contribution in [1.29, 1.82) is 0 Å². The average Bonchev–Trinajstić information content (AvgIpc) is 2.60. The van der Waals surface area contributed by atoms with E-state index in [0.29, 0.717) is 11.1 Å². The average molecular weight is 374 g/mol. The number of aromatic nitrogens is 1. The number of amides is 1. The van der Waals surface area contributed by atoms with E-state index in [4.69, 9.17) is 5.11 Å². The lowest BCUT2D eigenvalue weighted by Crippen LogP contribution is -2.34. The van der Waals surface area contributed by atoms with Crippen LogP contribution in [0.25, 0.3) is 16.5 Å². The number of fused-ring (bicyclic) bond motifs is 1. The van der Waals surface area contributed by atoms with Crippen LogP contribution in [0.2, 0.25) is 0 Å². The number of alkyl halides is 2. The van der Waals surface area contributed by atoms with Gasteiger partial charge in [0.1, 0.15) is 0 Å². The lowest BCUT2D eigenvalue weighted by atomic mass is 9.90. The second kappa shape index (κ2) is 7.42. The van der Waals surface area contributed by atoms with Gasteiger partial charge in [0.2, 0.25) is 0 Å². The predicted octanol–water partition coefficient (Wildman–Crippen LogP) is 4.03. The molecule has 5 nitrogen and oxygen atoms in total. The van der Waals surface area contributed by atoms with Crippen LogP contribution in [0, 0.1) is 0 Å². The smallest absolute Gasteiger partial charge is 0.305 e. The second-order valence-electron chi connectivity index (χ2n) is 6.86. The highest BCUT2D eigenvalue weighted by atomic mass is 19.3. The van der Waals surface area contributed by atoms with Gasteiger partial charge in [0.15, 0.2) is 0 Å². The summed E-state index contributed by atoms with van der Waals surface area (Å²) in [5, 5.41) is 12.1. The standard InChI is InChI=1S/C20H20F2N2O3/c1-12(9-17(25)26)24-19(27)15-10-14-3-2-4-16(18(14)23-11-15)13-5-7-20(21,22)8-6-13/h2-5,10-12H,6-9H2,1H3,(H,24,27)(H,25,26)/t12-/m1/s1. The molecule has 0 radical (unpaired) electrons. The van der Waals surface area contributed by atoms with E-state index in [0.717, 1.165) is 16.5 Å². The first-order chi connectivity index (χ1) is 12.7. The number of hydrogen-bond acceptors (Lipinski definition) is 3. The predicted molar refractivity (Wildman–Crippen MR) is 97.7 cm³/mol. The van der Waals surface area contributed by atoms with Crippen LogP contribution in [0.4, 0.5) is 8.78 Å². The van der Waals surface area contributed by atoms with Crippen molar-refractivity contribution in [1.82, 2.24) is 10.3 Å². The Morgan fingerprint density at radius 1 is 1.37 bits per heavy atom. The molecule has 2 N–H and O–H groups in total. The monoisotopic (exact) mass is 374 g/mol. The number of nitrogens with zero attached hydrogens (tertiary/aromatic N) is 1. The van der Waals surface area contributed by atoms with Crippen molar-refractivity contribution < 1.29 is 23.5 Å². The molecule has 0 spiro atoms. The number of hydrogen-bond donors (Lipinski definition) is 2. The third kappa shape index (κ3) is 4.48. The molecule has 1 aromatic heterocycles. The largest absolute Gasteiger partial charge is 0.481 e. The maximum atomic E-state index is 13.4. The van der Waals surface area contributed by atoms with Crippen molar-refractivity contribution in [3.8, 4) is 0 Å². The van der Waals surface area contributed by atoms with Gasteiger partial charge in [0, 0.05) is 36.0 Å². The second-order valence-corrected chi connectivity index (χ2v) is 6.86. The first kappa shape index (κ1) is 18.9. The van der Waals surface area contributed by atoms with Gasteiger partial charge < -0.3 is 10.4 Å². The third-order valence-corrected chi connectivity index (χ3v) is 4.58. The zero-order chi connectivity index (χ0) is 19.6. The molecule has 142 valence electrons. The summed E-state index contributed by atoms with van der Waals surface area (Å²) in [7, 11) is 0. The molecule has 0 saturated heterocycles. The van der Waals surface area contributed by atoms with E-state index in [1.807, 2.05) is 12.1 Å². The van der Waals surface area contributed by atoms with Crippen LogP contribution >= 0.6 is 0 Å². The summed E-state index contributed by atoms with van der Waals surface area (Å²) in [6, 6.07) is 6.63. The number of allylic oxidation sites excluding steroid dienone is 2. The maximum Gasteiger partial charge on any atom is 0.305 e. The minimum absolute atomic E-state index is 0.171. The molecule has 2 aromatic rings. The van der Waals surface area contributed by atoms with E-state index in [1.165, 1.54) is 6.20 Å². The van der Waals surface area contributed by atoms with Crippen LogP contribution in [-0.2, 0) is 4.79 Å². The van der Waals surface area contributed by atoms with Gasteiger partial charge in [-0.3, -0.25) is 14.6 Å². The van der Waals surface area contributed by atoms with Crippen LogP contribution in [0.3, 0.4) is 0 Å². The van der Waals surface area contributed by atoms with Crippen molar-refractivity contribution in [3.05, 3.63) is 47.7 Å². The van der Waals surface area contributed by atoms with E-state index < -0.39 is 23.8 Å². The van der Waals surface area contributed by atoms with E-state index in [9.17, 15) is 18.4 Å². The molecule has 1 aromatic carbocycles. The molecular weight excluding hydrogens is 354 g/mol. The Labute approximate surface area is 155 Å². The number of carbonyl (C=O) groups is 2. The van der Waals surface area contributed by atoms with E-state index >= 15 is 0 Å². The van der Waals surface area contributed by atoms with Gasteiger partial charge in [0.25, 0.3) is 11.8 Å². The van der Waals surface area contributed by atoms with E-state index in [-0.39, 0.29) is 25.7 Å². The molecule has 27 heavy (non-hydrogen) atoms. The molecule has 0 aliphatic heterocycles.